The van der Waals surface area contributed by atoms with Gasteiger partial charge in [-0.3, -0.25) is 11.6 Å². The number of hydrogen-bond donors (Lipinski definition) is 0. The Balaban J connectivity index is -0.000000125. The summed E-state index contributed by atoms with van der Waals surface area (Å²) in [6, 6.07) is 0. The van der Waals surface area contributed by atoms with Gasteiger partial charge in [-0.05, 0) is 0 Å². The molecule has 0 amide bonds. The molecule has 0 heterocycles. The summed E-state index contributed by atoms with van der Waals surface area (Å²) in [5.74, 6) is 0. The fourth-order valence-electron chi connectivity index (χ4n) is 0.0645. The Kier molecular flexibility index (Phi) is 19.9. The van der Waals surface area contributed by atoms with Crippen molar-refractivity contribution in [1.29, 1.82) is 0 Å². The standard InChI is InChI=1S/C5H7N.CH3.Ir/c1-3-5(2)4-6;;/h4H,1-2H3;1H3;/q-2;-1;+3. The van der Waals surface area contributed by atoms with Gasteiger partial charge in [0, 0.05) is 0 Å². The van der Waals surface area contributed by atoms with E-state index in [1.54, 1.807) is 13.8 Å². The van der Waals surface area contributed by atoms with E-state index in [4.69, 9.17) is 5.41 Å². The molecule has 0 aliphatic carbocycles. The topological polar surface area (TPSA) is 22.3 Å². The van der Waals surface area contributed by atoms with Crippen LogP contribution in [0, 0.1) is 13.5 Å². The Labute approximate surface area is 65.0 Å². The molecular weight excluding hydrogens is 278 g/mol. The molecule has 1 nitrogen and oxygen atoms in total. The van der Waals surface area contributed by atoms with Gasteiger partial charge < -0.3 is 19.1 Å². The zero-order chi connectivity index (χ0) is 4.99. The van der Waals surface area contributed by atoms with Crippen LogP contribution >= 0.6 is 0 Å². The van der Waals surface area contributed by atoms with Gasteiger partial charge in [-0.25, -0.2) is 0 Å². The molecule has 0 radical (unpaired) electrons. The molecule has 0 aromatic carbocycles. The van der Waals surface area contributed by atoms with Crippen LogP contribution in [0.25, 0.3) is 5.41 Å². The van der Waals surface area contributed by atoms with Crippen molar-refractivity contribution in [3.8, 4) is 0 Å². The number of hydrogen-bond acceptors (Lipinski definition) is 0. The molecule has 0 saturated heterocycles. The second-order valence-corrected chi connectivity index (χ2v) is 1.06. The van der Waals surface area contributed by atoms with Gasteiger partial charge in [0.25, 0.3) is 0 Å². The molecule has 0 rings (SSSR count). The van der Waals surface area contributed by atoms with Crippen molar-refractivity contribution in [1.82, 2.24) is 0 Å². The van der Waals surface area contributed by atoms with E-state index in [1.807, 2.05) is 0 Å². The van der Waals surface area contributed by atoms with Crippen molar-refractivity contribution in [2.24, 2.45) is 0 Å². The monoisotopic (exact) mass is 289 g/mol. The quantitative estimate of drug-likeness (QED) is 0.519. The van der Waals surface area contributed by atoms with Gasteiger partial charge >= 0.3 is 20.1 Å². The molecule has 0 N–H and O–H groups in total. The van der Waals surface area contributed by atoms with Gasteiger partial charge in [0.15, 0.2) is 0 Å². The molecule has 0 atom stereocenters. The van der Waals surface area contributed by atoms with Crippen LogP contribution in [0.1, 0.15) is 13.8 Å². The maximum Gasteiger partial charge on any atom is 3.00 e. The largest absolute Gasteiger partial charge is 3.00 e. The summed E-state index contributed by atoms with van der Waals surface area (Å²) in [6.07, 6.45) is 3.75. The smallest absolute Gasteiger partial charge is 0.911 e. The second kappa shape index (κ2) is 10.1. The van der Waals surface area contributed by atoms with Crippen LogP contribution in [-0.4, -0.2) is 6.21 Å². The first-order chi connectivity index (χ1) is 2.81. The predicted octanol–water partition coefficient (Wildman–Crippen LogP) is 1.84. The third-order valence-electron chi connectivity index (χ3n) is 0.588. The van der Waals surface area contributed by atoms with Crippen LogP contribution in [0.15, 0.2) is 5.57 Å². The molecule has 0 saturated carbocycles. The van der Waals surface area contributed by atoms with Crippen molar-refractivity contribution < 1.29 is 20.1 Å². The van der Waals surface area contributed by atoms with Crippen LogP contribution in [0.5, 0.6) is 0 Å². The molecule has 0 aromatic heterocycles. The molecule has 0 unspecified atom stereocenters. The Morgan fingerprint density at radius 2 is 2.00 bits per heavy atom. The van der Waals surface area contributed by atoms with Crippen molar-refractivity contribution in [3.05, 3.63) is 24.5 Å². The first kappa shape index (κ1) is 15.7. The molecule has 0 aromatic rings. The zero-order valence-corrected chi connectivity index (χ0v) is 7.75. The van der Waals surface area contributed by atoms with Crippen molar-refractivity contribution in [2.45, 2.75) is 13.8 Å². The van der Waals surface area contributed by atoms with E-state index >= 15 is 0 Å². The molecule has 2 heteroatoms. The molecule has 0 bridgehead atoms. The van der Waals surface area contributed by atoms with Crippen molar-refractivity contribution in [3.63, 3.8) is 0 Å². The molecule has 48 valence electrons. The van der Waals surface area contributed by atoms with E-state index in [-0.39, 0.29) is 27.5 Å². The van der Waals surface area contributed by atoms with E-state index < -0.39 is 0 Å². The van der Waals surface area contributed by atoms with Gasteiger partial charge in [0.05, 0.1) is 0 Å². The molecule has 8 heavy (non-hydrogen) atoms. The second-order valence-electron chi connectivity index (χ2n) is 1.06. The van der Waals surface area contributed by atoms with E-state index in [0.29, 0.717) is 0 Å². The van der Waals surface area contributed by atoms with E-state index in [9.17, 15) is 0 Å². The van der Waals surface area contributed by atoms with Crippen molar-refractivity contribution in [2.75, 3.05) is 0 Å². The predicted molar refractivity (Wildman–Crippen MR) is 33.9 cm³/mol. The minimum atomic E-state index is 0. The summed E-state index contributed by atoms with van der Waals surface area (Å²) in [5, 5.41) is 8.11. The normalized spacial score (nSPS) is 8.50. The third-order valence-corrected chi connectivity index (χ3v) is 0.588. The first-order valence-corrected chi connectivity index (χ1v) is 1.80. The maximum absolute atomic E-state index is 8.11. The number of rotatable bonds is 1. The van der Waals surface area contributed by atoms with Crippen LogP contribution in [0.3, 0.4) is 0 Å². The van der Waals surface area contributed by atoms with Gasteiger partial charge in [0.1, 0.15) is 0 Å². The summed E-state index contributed by atoms with van der Waals surface area (Å²) in [4.78, 5) is 0. The molecule has 0 aliphatic rings. The van der Waals surface area contributed by atoms with E-state index in [2.05, 4.69) is 6.08 Å². The van der Waals surface area contributed by atoms with Crippen LogP contribution in [0.4, 0.5) is 0 Å². The Bertz CT molecular complexity index is 76.6. The summed E-state index contributed by atoms with van der Waals surface area (Å²) in [5.41, 5.74) is 0.773. The molecule has 0 spiro atoms. The van der Waals surface area contributed by atoms with E-state index in [0.717, 1.165) is 11.8 Å². The SMILES string of the molecule is C[C-]=C(C)C=[N-].[CH3-].[Ir+3]. The van der Waals surface area contributed by atoms with Crippen LogP contribution in [0.2, 0.25) is 0 Å². The van der Waals surface area contributed by atoms with Gasteiger partial charge in [-0.15, -0.1) is 6.92 Å². The summed E-state index contributed by atoms with van der Waals surface area (Å²) in [7, 11) is 0. The minimum Gasteiger partial charge on any atom is -0.911 e. The van der Waals surface area contributed by atoms with Crippen LogP contribution < -0.4 is 0 Å². The average Bonchev–Trinajstić information content (AvgIpc) is 1.65. The third kappa shape index (κ3) is 9.41. The summed E-state index contributed by atoms with van der Waals surface area (Å²) < 4.78 is 0. The molecule has 0 aliphatic heterocycles. The minimum absolute atomic E-state index is 0. The molecular formula is C6H10IrN. The fraction of sp³-hybridized carbons (Fsp3) is 0.333. The fourth-order valence-corrected chi connectivity index (χ4v) is 0.0645. The summed E-state index contributed by atoms with van der Waals surface area (Å²) >= 11 is 0. The Morgan fingerprint density at radius 3 is 2.00 bits per heavy atom. The van der Waals surface area contributed by atoms with Crippen molar-refractivity contribution >= 4 is 6.21 Å². The Hall–Kier alpha value is 0.0594. The zero-order valence-electron chi connectivity index (χ0n) is 5.36. The van der Waals surface area contributed by atoms with Crippen LogP contribution in [-0.2, 0) is 20.1 Å². The van der Waals surface area contributed by atoms with Gasteiger partial charge in [-0.1, -0.05) is 6.92 Å². The average molecular weight is 288 g/mol. The van der Waals surface area contributed by atoms with Gasteiger partial charge in [-0.2, -0.15) is 0 Å². The number of allylic oxidation sites excluding steroid dienone is 2. The van der Waals surface area contributed by atoms with Gasteiger partial charge in [0.2, 0.25) is 0 Å². The molecule has 0 fully saturated rings. The number of nitrogens with zero attached hydrogens (tertiary/aromatic N) is 1. The van der Waals surface area contributed by atoms with E-state index in [1.165, 1.54) is 0 Å². The summed E-state index contributed by atoms with van der Waals surface area (Å²) in [6.45, 7) is 3.53. The first-order valence-electron chi connectivity index (χ1n) is 1.80. The maximum atomic E-state index is 8.11. The Morgan fingerprint density at radius 1 is 1.62 bits per heavy atom.